The van der Waals surface area contributed by atoms with Crippen molar-refractivity contribution in [2.75, 3.05) is 12.9 Å². The summed E-state index contributed by atoms with van der Waals surface area (Å²) < 4.78 is 11.3. The monoisotopic (exact) mass is 295 g/mol. The number of benzene rings is 1. The lowest BCUT2D eigenvalue weighted by Gasteiger charge is -2.14. The van der Waals surface area contributed by atoms with Crippen molar-refractivity contribution in [1.82, 2.24) is 0 Å². The standard InChI is InChI=1S/C14H21N3O2S/c1-5-18-13-8-11(9-16-17-14(15)20-4)6-7-12(13)19-10(2)3/h6-10H,5H2,1-4H3,(H2,15,17)/b16-9-. The quantitative estimate of drug-likeness (QED) is 0.498. The van der Waals surface area contributed by atoms with E-state index in [1.807, 2.05) is 45.2 Å². The van der Waals surface area contributed by atoms with E-state index < -0.39 is 0 Å². The first-order valence-corrected chi connectivity index (χ1v) is 7.63. The van der Waals surface area contributed by atoms with Crippen molar-refractivity contribution in [3.8, 4) is 11.5 Å². The molecule has 0 aliphatic carbocycles. The van der Waals surface area contributed by atoms with Crippen LogP contribution in [0.1, 0.15) is 26.3 Å². The number of thioether (sulfide) groups is 1. The molecule has 0 saturated heterocycles. The van der Waals surface area contributed by atoms with Crippen LogP contribution in [0, 0.1) is 0 Å². The average molecular weight is 295 g/mol. The number of nitrogens with zero attached hydrogens (tertiary/aromatic N) is 2. The van der Waals surface area contributed by atoms with Crippen LogP contribution >= 0.6 is 11.8 Å². The third kappa shape index (κ3) is 5.52. The fraction of sp³-hybridized carbons (Fsp3) is 0.429. The number of ether oxygens (including phenoxy) is 2. The minimum absolute atomic E-state index is 0.0969. The van der Waals surface area contributed by atoms with Crippen molar-refractivity contribution in [2.24, 2.45) is 15.9 Å². The second kappa shape index (κ2) is 8.47. The summed E-state index contributed by atoms with van der Waals surface area (Å²) in [5.41, 5.74) is 6.43. The number of amidine groups is 1. The van der Waals surface area contributed by atoms with E-state index >= 15 is 0 Å². The van der Waals surface area contributed by atoms with Crippen LogP contribution in [0.3, 0.4) is 0 Å². The second-order valence-corrected chi connectivity index (χ2v) is 5.02. The fourth-order valence-electron chi connectivity index (χ4n) is 1.42. The van der Waals surface area contributed by atoms with E-state index in [1.54, 1.807) is 6.21 Å². The van der Waals surface area contributed by atoms with Crippen molar-refractivity contribution in [3.63, 3.8) is 0 Å². The minimum atomic E-state index is 0.0969. The summed E-state index contributed by atoms with van der Waals surface area (Å²) in [7, 11) is 0. The average Bonchev–Trinajstić information content (AvgIpc) is 2.41. The van der Waals surface area contributed by atoms with Crippen LogP contribution in [0.4, 0.5) is 0 Å². The molecule has 0 spiro atoms. The van der Waals surface area contributed by atoms with Gasteiger partial charge in [0.25, 0.3) is 0 Å². The molecule has 6 heteroatoms. The molecule has 0 bridgehead atoms. The van der Waals surface area contributed by atoms with Gasteiger partial charge in [-0.3, -0.25) is 0 Å². The number of hydrogen-bond donors (Lipinski definition) is 1. The van der Waals surface area contributed by atoms with Gasteiger partial charge in [-0.2, -0.15) is 5.10 Å². The zero-order valence-electron chi connectivity index (χ0n) is 12.3. The van der Waals surface area contributed by atoms with Gasteiger partial charge in [-0.15, -0.1) is 5.10 Å². The summed E-state index contributed by atoms with van der Waals surface area (Å²) in [5.74, 6) is 1.43. The molecule has 5 nitrogen and oxygen atoms in total. The largest absolute Gasteiger partial charge is 0.490 e. The smallest absolute Gasteiger partial charge is 0.180 e. The molecule has 0 aromatic heterocycles. The highest BCUT2D eigenvalue weighted by Gasteiger charge is 2.07. The third-order valence-electron chi connectivity index (χ3n) is 2.20. The highest BCUT2D eigenvalue weighted by molar-refractivity contribution is 8.13. The molecule has 1 aromatic carbocycles. The van der Waals surface area contributed by atoms with E-state index in [0.29, 0.717) is 17.5 Å². The summed E-state index contributed by atoms with van der Waals surface area (Å²) in [5, 5.41) is 8.19. The van der Waals surface area contributed by atoms with E-state index in [9.17, 15) is 0 Å². The predicted molar refractivity (Wildman–Crippen MR) is 86.1 cm³/mol. The van der Waals surface area contributed by atoms with Gasteiger partial charge in [0.05, 0.1) is 18.9 Å². The van der Waals surface area contributed by atoms with Gasteiger partial charge in [0.15, 0.2) is 16.7 Å². The Morgan fingerprint density at radius 3 is 2.75 bits per heavy atom. The summed E-state index contributed by atoms with van der Waals surface area (Å²) >= 11 is 1.35. The fourth-order valence-corrected chi connectivity index (χ4v) is 1.55. The lowest BCUT2D eigenvalue weighted by atomic mass is 10.2. The summed E-state index contributed by atoms with van der Waals surface area (Å²) in [4.78, 5) is 0. The van der Waals surface area contributed by atoms with Gasteiger partial charge in [0, 0.05) is 0 Å². The molecule has 1 aromatic rings. The van der Waals surface area contributed by atoms with Crippen molar-refractivity contribution in [3.05, 3.63) is 23.8 Å². The molecular weight excluding hydrogens is 274 g/mol. The van der Waals surface area contributed by atoms with Crippen LogP contribution in [0.2, 0.25) is 0 Å². The van der Waals surface area contributed by atoms with E-state index in [0.717, 1.165) is 11.3 Å². The van der Waals surface area contributed by atoms with Crippen LogP contribution in [0.25, 0.3) is 0 Å². The molecule has 0 aliphatic rings. The molecule has 0 heterocycles. The molecule has 20 heavy (non-hydrogen) atoms. The minimum Gasteiger partial charge on any atom is -0.490 e. The van der Waals surface area contributed by atoms with Crippen LogP contribution in [-0.2, 0) is 0 Å². The van der Waals surface area contributed by atoms with Crippen LogP contribution < -0.4 is 15.2 Å². The lowest BCUT2D eigenvalue weighted by Crippen LogP contribution is -2.07. The number of rotatable bonds is 6. The maximum atomic E-state index is 5.69. The van der Waals surface area contributed by atoms with Gasteiger partial charge < -0.3 is 15.2 Å². The van der Waals surface area contributed by atoms with Crippen LogP contribution in [0.15, 0.2) is 28.4 Å². The van der Waals surface area contributed by atoms with E-state index in [1.165, 1.54) is 11.8 Å². The van der Waals surface area contributed by atoms with Crippen molar-refractivity contribution in [2.45, 2.75) is 26.9 Å². The van der Waals surface area contributed by atoms with Crippen molar-refractivity contribution >= 4 is 23.1 Å². The van der Waals surface area contributed by atoms with E-state index in [2.05, 4.69) is 10.2 Å². The van der Waals surface area contributed by atoms with Gasteiger partial charge in [-0.1, -0.05) is 11.8 Å². The van der Waals surface area contributed by atoms with Crippen molar-refractivity contribution < 1.29 is 9.47 Å². The van der Waals surface area contributed by atoms with Gasteiger partial charge in [-0.05, 0) is 50.8 Å². The van der Waals surface area contributed by atoms with Crippen molar-refractivity contribution in [1.29, 1.82) is 0 Å². The van der Waals surface area contributed by atoms with Crippen LogP contribution in [0.5, 0.6) is 11.5 Å². The second-order valence-electron chi connectivity index (χ2n) is 4.19. The highest BCUT2D eigenvalue weighted by Crippen LogP contribution is 2.28. The molecule has 2 N–H and O–H groups in total. The topological polar surface area (TPSA) is 69.2 Å². The molecule has 0 fully saturated rings. The first-order chi connectivity index (χ1) is 9.56. The maximum Gasteiger partial charge on any atom is 0.180 e. The molecule has 0 aliphatic heterocycles. The van der Waals surface area contributed by atoms with E-state index in [-0.39, 0.29) is 6.10 Å². The van der Waals surface area contributed by atoms with Gasteiger partial charge in [0.1, 0.15) is 0 Å². The van der Waals surface area contributed by atoms with Gasteiger partial charge in [-0.25, -0.2) is 0 Å². The Morgan fingerprint density at radius 2 is 2.15 bits per heavy atom. The molecule has 0 amide bonds. The Bertz CT molecular complexity index is 487. The summed E-state index contributed by atoms with van der Waals surface area (Å²) in [6.45, 7) is 6.46. The molecule has 0 unspecified atom stereocenters. The summed E-state index contributed by atoms with van der Waals surface area (Å²) in [6.07, 6.45) is 3.57. The zero-order chi connectivity index (χ0) is 15.0. The lowest BCUT2D eigenvalue weighted by molar-refractivity contribution is 0.224. The maximum absolute atomic E-state index is 5.69. The molecule has 110 valence electrons. The Morgan fingerprint density at radius 1 is 1.40 bits per heavy atom. The normalized spacial score (nSPS) is 12.2. The molecule has 0 atom stereocenters. The first-order valence-electron chi connectivity index (χ1n) is 6.40. The Labute approximate surface area is 124 Å². The third-order valence-corrected chi connectivity index (χ3v) is 2.70. The Balaban J connectivity index is 2.92. The molecule has 0 saturated carbocycles. The SMILES string of the molecule is CCOc1cc(/C=N\N=C(/N)SC)ccc1OC(C)C. The number of hydrogen-bond acceptors (Lipinski definition) is 5. The summed E-state index contributed by atoms with van der Waals surface area (Å²) in [6, 6.07) is 5.64. The van der Waals surface area contributed by atoms with Gasteiger partial charge in [0.2, 0.25) is 0 Å². The Hall–Kier alpha value is -1.69. The molecular formula is C14H21N3O2S. The predicted octanol–water partition coefficient (Wildman–Crippen LogP) is 2.88. The Kier molecular flexibility index (Phi) is 6.93. The molecule has 1 rings (SSSR count). The highest BCUT2D eigenvalue weighted by atomic mass is 32.2. The van der Waals surface area contributed by atoms with Crippen LogP contribution in [-0.4, -0.2) is 30.3 Å². The van der Waals surface area contributed by atoms with E-state index in [4.69, 9.17) is 15.2 Å². The molecule has 0 radical (unpaired) electrons. The first kappa shape index (κ1) is 16.4. The number of nitrogens with two attached hydrogens (primary N) is 1. The van der Waals surface area contributed by atoms with Gasteiger partial charge >= 0.3 is 0 Å². The zero-order valence-corrected chi connectivity index (χ0v) is 13.1.